The number of pyridine rings is 1. The lowest BCUT2D eigenvalue weighted by Crippen LogP contribution is -2.27. The highest BCUT2D eigenvalue weighted by Gasteiger charge is 2.64. The Morgan fingerprint density at radius 1 is 1.32 bits per heavy atom. The second kappa shape index (κ2) is 4.43. The topological polar surface area (TPSA) is 59.1 Å². The summed E-state index contributed by atoms with van der Waals surface area (Å²) in [6.07, 6.45) is 1.39. The first-order valence-corrected chi connectivity index (χ1v) is 8.06. The highest BCUT2D eigenvalue weighted by atomic mass is 35.5. The molecule has 2 rings (SSSR count). The molecule has 1 N–H and O–H groups in total. The van der Waals surface area contributed by atoms with Crippen molar-refractivity contribution in [1.82, 2.24) is 9.71 Å². The van der Waals surface area contributed by atoms with E-state index >= 15 is 0 Å². The molecular weight excluding hydrogens is 284 g/mol. The van der Waals surface area contributed by atoms with Crippen LogP contribution in [0.15, 0.2) is 23.2 Å². The Kier molecular flexibility index (Phi) is 3.44. The summed E-state index contributed by atoms with van der Waals surface area (Å²) < 4.78 is 26.9. The summed E-state index contributed by atoms with van der Waals surface area (Å²) in [5, 5.41) is 0.176. The van der Waals surface area contributed by atoms with E-state index in [0.717, 1.165) is 0 Å². The molecule has 1 aliphatic rings. The van der Waals surface area contributed by atoms with Crippen molar-refractivity contribution in [2.45, 2.75) is 32.6 Å². The molecular formula is C13H19ClN2O2S. The van der Waals surface area contributed by atoms with Crippen molar-refractivity contribution in [2.24, 2.45) is 16.7 Å². The monoisotopic (exact) mass is 302 g/mol. The van der Waals surface area contributed by atoms with E-state index in [0.29, 0.717) is 12.5 Å². The Morgan fingerprint density at radius 2 is 1.89 bits per heavy atom. The molecule has 0 atom stereocenters. The van der Waals surface area contributed by atoms with Gasteiger partial charge in [0, 0.05) is 12.7 Å². The van der Waals surface area contributed by atoms with Crippen molar-refractivity contribution in [2.75, 3.05) is 6.54 Å². The first-order chi connectivity index (χ1) is 8.59. The predicted molar refractivity (Wildman–Crippen MR) is 75.5 cm³/mol. The number of hydrogen-bond acceptors (Lipinski definition) is 3. The standard InChI is InChI=1S/C13H19ClN2O2S/c1-12(2)10(13(12,3)4)8-16-19(17,18)9-5-6-15-11(14)7-9/h5-7,10,16H,8H2,1-4H3. The maximum atomic E-state index is 12.1. The van der Waals surface area contributed by atoms with Crippen molar-refractivity contribution in [3.63, 3.8) is 0 Å². The fourth-order valence-corrected chi connectivity index (χ4v) is 3.97. The number of sulfonamides is 1. The van der Waals surface area contributed by atoms with E-state index in [9.17, 15) is 8.42 Å². The predicted octanol–water partition coefficient (Wildman–Crippen LogP) is 2.70. The number of rotatable bonds is 4. The van der Waals surface area contributed by atoms with E-state index in [1.165, 1.54) is 18.3 Å². The number of halogens is 1. The van der Waals surface area contributed by atoms with Crippen LogP contribution in [0.2, 0.25) is 5.15 Å². The van der Waals surface area contributed by atoms with Crippen molar-refractivity contribution in [1.29, 1.82) is 0 Å². The second-order valence-electron chi connectivity index (χ2n) is 6.16. The molecule has 1 saturated carbocycles. The van der Waals surface area contributed by atoms with E-state index in [-0.39, 0.29) is 20.9 Å². The summed E-state index contributed by atoms with van der Waals surface area (Å²) in [5.74, 6) is 0.340. The Balaban J connectivity index is 2.08. The zero-order chi connectivity index (χ0) is 14.5. The van der Waals surface area contributed by atoms with E-state index in [1.807, 2.05) is 0 Å². The highest BCUT2D eigenvalue weighted by molar-refractivity contribution is 7.89. The Bertz CT molecular complexity index is 582. The summed E-state index contributed by atoms with van der Waals surface area (Å²) in [5.41, 5.74) is 0.316. The SMILES string of the molecule is CC1(C)C(CNS(=O)(=O)c2ccnc(Cl)c2)C1(C)C. The zero-order valence-corrected chi connectivity index (χ0v) is 13.1. The van der Waals surface area contributed by atoms with Gasteiger partial charge in [-0.1, -0.05) is 39.3 Å². The average molecular weight is 303 g/mol. The molecule has 1 aromatic heterocycles. The molecule has 0 aliphatic heterocycles. The summed E-state index contributed by atoms with van der Waals surface area (Å²) in [6, 6.07) is 2.80. The fourth-order valence-electron chi connectivity index (χ4n) is 2.67. The zero-order valence-electron chi connectivity index (χ0n) is 11.6. The largest absolute Gasteiger partial charge is 0.244 e. The molecule has 19 heavy (non-hydrogen) atoms. The minimum Gasteiger partial charge on any atom is -0.244 e. The van der Waals surface area contributed by atoms with E-state index in [1.54, 1.807) is 0 Å². The third-order valence-corrected chi connectivity index (χ3v) is 6.43. The van der Waals surface area contributed by atoms with Crippen molar-refractivity contribution in [3.05, 3.63) is 23.5 Å². The Hall–Kier alpha value is -0.650. The van der Waals surface area contributed by atoms with Crippen molar-refractivity contribution >= 4 is 21.6 Å². The molecule has 0 amide bonds. The van der Waals surface area contributed by atoms with Gasteiger partial charge in [-0.2, -0.15) is 0 Å². The van der Waals surface area contributed by atoms with Gasteiger partial charge in [-0.05, 0) is 28.9 Å². The lowest BCUT2D eigenvalue weighted by molar-refractivity contribution is 0.457. The van der Waals surface area contributed by atoms with Crippen LogP contribution in [-0.2, 0) is 10.0 Å². The van der Waals surface area contributed by atoms with Gasteiger partial charge in [0.05, 0.1) is 4.90 Å². The lowest BCUT2D eigenvalue weighted by atomic mass is 10.0. The van der Waals surface area contributed by atoms with Crippen LogP contribution in [0.5, 0.6) is 0 Å². The third kappa shape index (κ3) is 2.51. The van der Waals surface area contributed by atoms with Gasteiger partial charge in [0.25, 0.3) is 0 Å². The number of nitrogens with one attached hydrogen (secondary N) is 1. The fraction of sp³-hybridized carbons (Fsp3) is 0.615. The van der Waals surface area contributed by atoms with E-state index in [2.05, 4.69) is 37.4 Å². The first-order valence-electron chi connectivity index (χ1n) is 6.20. The smallest absolute Gasteiger partial charge is 0.240 e. The Labute approximate surface area is 119 Å². The summed E-state index contributed by atoms with van der Waals surface area (Å²) >= 11 is 5.71. The van der Waals surface area contributed by atoms with Gasteiger partial charge in [0.15, 0.2) is 0 Å². The van der Waals surface area contributed by atoms with Gasteiger partial charge in [-0.25, -0.2) is 18.1 Å². The van der Waals surface area contributed by atoms with Crippen LogP contribution in [0.1, 0.15) is 27.7 Å². The number of nitrogens with zero attached hydrogens (tertiary/aromatic N) is 1. The molecule has 0 saturated heterocycles. The van der Waals surface area contributed by atoms with Crippen LogP contribution in [0.25, 0.3) is 0 Å². The maximum absolute atomic E-state index is 12.1. The molecule has 0 aromatic carbocycles. The molecule has 0 spiro atoms. The van der Waals surface area contributed by atoms with Gasteiger partial charge >= 0.3 is 0 Å². The van der Waals surface area contributed by atoms with Crippen LogP contribution >= 0.6 is 11.6 Å². The molecule has 1 fully saturated rings. The number of aromatic nitrogens is 1. The molecule has 1 aliphatic carbocycles. The van der Waals surface area contributed by atoms with Crippen LogP contribution in [0, 0.1) is 16.7 Å². The minimum atomic E-state index is -3.51. The molecule has 1 aromatic rings. The molecule has 1 heterocycles. The number of hydrogen-bond donors (Lipinski definition) is 1. The quantitative estimate of drug-likeness (QED) is 0.870. The lowest BCUT2D eigenvalue weighted by Gasteiger charge is -2.07. The van der Waals surface area contributed by atoms with Gasteiger partial charge in [0.2, 0.25) is 10.0 Å². The molecule has 106 valence electrons. The van der Waals surface area contributed by atoms with Gasteiger partial charge in [0.1, 0.15) is 5.15 Å². The van der Waals surface area contributed by atoms with Gasteiger partial charge in [-0.3, -0.25) is 0 Å². The molecule has 6 heteroatoms. The van der Waals surface area contributed by atoms with Crippen LogP contribution in [-0.4, -0.2) is 19.9 Å². The summed E-state index contributed by atoms with van der Waals surface area (Å²) in [7, 11) is -3.51. The van der Waals surface area contributed by atoms with Crippen LogP contribution in [0.3, 0.4) is 0 Å². The molecule has 4 nitrogen and oxygen atoms in total. The molecule has 0 radical (unpaired) electrons. The normalized spacial score (nSPS) is 21.3. The Morgan fingerprint density at radius 3 is 2.37 bits per heavy atom. The highest BCUT2D eigenvalue weighted by Crippen LogP contribution is 2.67. The van der Waals surface area contributed by atoms with Gasteiger partial charge < -0.3 is 0 Å². The van der Waals surface area contributed by atoms with Crippen LogP contribution < -0.4 is 4.72 Å². The third-order valence-electron chi connectivity index (χ3n) is 4.81. The van der Waals surface area contributed by atoms with Crippen molar-refractivity contribution in [3.8, 4) is 0 Å². The summed E-state index contributed by atoms with van der Waals surface area (Å²) in [6.45, 7) is 9.09. The van der Waals surface area contributed by atoms with E-state index in [4.69, 9.17) is 11.6 Å². The summed E-state index contributed by atoms with van der Waals surface area (Å²) in [4.78, 5) is 3.94. The maximum Gasteiger partial charge on any atom is 0.240 e. The van der Waals surface area contributed by atoms with E-state index < -0.39 is 10.0 Å². The second-order valence-corrected chi connectivity index (χ2v) is 8.32. The first kappa shape index (κ1) is 14.8. The van der Waals surface area contributed by atoms with Crippen molar-refractivity contribution < 1.29 is 8.42 Å². The molecule has 0 bridgehead atoms. The van der Waals surface area contributed by atoms with Crippen LogP contribution in [0.4, 0.5) is 0 Å². The van der Waals surface area contributed by atoms with Gasteiger partial charge in [-0.15, -0.1) is 0 Å². The average Bonchev–Trinajstić information content (AvgIpc) is 2.67. The minimum absolute atomic E-state index is 0.156. The molecule has 0 unspecified atom stereocenters.